The summed E-state index contributed by atoms with van der Waals surface area (Å²) in [5.74, 6) is 0.165. The van der Waals surface area contributed by atoms with Crippen LogP contribution in [-0.2, 0) is 4.79 Å². The number of piperazine rings is 1. The van der Waals surface area contributed by atoms with Gasteiger partial charge in [-0.25, -0.2) is 0 Å². The van der Waals surface area contributed by atoms with Gasteiger partial charge >= 0.3 is 0 Å². The van der Waals surface area contributed by atoms with E-state index in [1.165, 1.54) is 11.3 Å². The Labute approximate surface area is 137 Å². The summed E-state index contributed by atoms with van der Waals surface area (Å²) < 4.78 is 0. The molecule has 1 saturated heterocycles. The minimum Gasteiger partial charge on any atom is -0.376 e. The maximum atomic E-state index is 12.3. The third kappa shape index (κ3) is 4.03. The lowest BCUT2D eigenvalue weighted by Crippen LogP contribution is -2.50. The fraction of sp³-hybridized carbons (Fsp3) is 0.316. The number of aryl methyl sites for hydroxylation is 1. The number of para-hydroxylation sites is 1. The van der Waals surface area contributed by atoms with Gasteiger partial charge in [-0.3, -0.25) is 4.79 Å². The van der Waals surface area contributed by atoms with Crippen molar-refractivity contribution in [1.82, 2.24) is 4.90 Å². The molecule has 4 heteroatoms. The zero-order valence-corrected chi connectivity index (χ0v) is 13.5. The van der Waals surface area contributed by atoms with E-state index in [4.69, 9.17) is 0 Å². The molecule has 3 rings (SSSR count). The van der Waals surface area contributed by atoms with Crippen LogP contribution in [0.3, 0.4) is 0 Å². The molecule has 0 radical (unpaired) electrons. The summed E-state index contributed by atoms with van der Waals surface area (Å²) in [4.78, 5) is 16.6. The van der Waals surface area contributed by atoms with Crippen molar-refractivity contribution in [2.45, 2.75) is 6.92 Å². The molecule has 2 aromatic carbocycles. The summed E-state index contributed by atoms with van der Waals surface area (Å²) in [6, 6.07) is 18.5. The Hall–Kier alpha value is -2.49. The zero-order chi connectivity index (χ0) is 16.1. The molecule has 23 heavy (non-hydrogen) atoms. The standard InChI is InChI=1S/C19H23N3O/c1-16-7-9-17(10-8-16)20-15-19(23)22-13-11-21(12-14-22)18-5-3-2-4-6-18/h2-10,20H,11-15H2,1H3. The van der Waals surface area contributed by atoms with E-state index in [2.05, 4.69) is 41.4 Å². The number of rotatable bonds is 4. The molecular formula is C19H23N3O. The van der Waals surface area contributed by atoms with Crippen LogP contribution >= 0.6 is 0 Å². The van der Waals surface area contributed by atoms with Gasteiger partial charge in [-0.1, -0.05) is 35.9 Å². The lowest BCUT2D eigenvalue weighted by atomic mass is 10.2. The van der Waals surface area contributed by atoms with Crippen LogP contribution in [0.2, 0.25) is 0 Å². The van der Waals surface area contributed by atoms with Crippen molar-refractivity contribution in [2.75, 3.05) is 42.9 Å². The van der Waals surface area contributed by atoms with Crippen molar-refractivity contribution in [3.05, 3.63) is 60.2 Å². The molecule has 0 atom stereocenters. The predicted molar refractivity (Wildman–Crippen MR) is 94.9 cm³/mol. The van der Waals surface area contributed by atoms with Crippen molar-refractivity contribution in [2.24, 2.45) is 0 Å². The maximum absolute atomic E-state index is 12.3. The van der Waals surface area contributed by atoms with E-state index < -0.39 is 0 Å². The minimum atomic E-state index is 0.165. The first kappa shape index (κ1) is 15.4. The Morgan fingerprint density at radius 1 is 0.957 bits per heavy atom. The van der Waals surface area contributed by atoms with Crippen LogP contribution in [0.5, 0.6) is 0 Å². The predicted octanol–water partition coefficient (Wildman–Crippen LogP) is 2.76. The van der Waals surface area contributed by atoms with E-state index in [1.54, 1.807) is 0 Å². The van der Waals surface area contributed by atoms with Crippen LogP contribution in [0.25, 0.3) is 0 Å². The highest BCUT2D eigenvalue weighted by molar-refractivity contribution is 5.81. The molecule has 0 saturated carbocycles. The van der Waals surface area contributed by atoms with Gasteiger partial charge in [-0.05, 0) is 31.2 Å². The lowest BCUT2D eigenvalue weighted by Gasteiger charge is -2.36. The number of anilines is 2. The fourth-order valence-electron chi connectivity index (χ4n) is 2.81. The number of hydrogen-bond acceptors (Lipinski definition) is 3. The molecule has 120 valence electrons. The largest absolute Gasteiger partial charge is 0.376 e. The molecule has 1 aliphatic rings. The Kier molecular flexibility index (Phi) is 4.81. The van der Waals surface area contributed by atoms with Crippen LogP contribution in [0.15, 0.2) is 54.6 Å². The van der Waals surface area contributed by atoms with Gasteiger partial charge in [0.1, 0.15) is 0 Å². The van der Waals surface area contributed by atoms with Crippen molar-refractivity contribution >= 4 is 17.3 Å². The molecule has 1 amide bonds. The highest BCUT2D eigenvalue weighted by Crippen LogP contribution is 2.15. The third-order valence-corrected chi connectivity index (χ3v) is 4.25. The Balaban J connectivity index is 1.47. The average molecular weight is 309 g/mol. The van der Waals surface area contributed by atoms with Gasteiger partial charge in [-0.15, -0.1) is 0 Å². The topological polar surface area (TPSA) is 35.6 Å². The van der Waals surface area contributed by atoms with Crippen LogP contribution in [0.1, 0.15) is 5.56 Å². The Morgan fingerprint density at radius 3 is 2.26 bits per heavy atom. The summed E-state index contributed by atoms with van der Waals surface area (Å²) in [7, 11) is 0. The zero-order valence-electron chi connectivity index (χ0n) is 13.5. The first-order valence-electron chi connectivity index (χ1n) is 8.11. The lowest BCUT2D eigenvalue weighted by molar-refractivity contribution is -0.129. The minimum absolute atomic E-state index is 0.165. The highest BCUT2D eigenvalue weighted by atomic mass is 16.2. The molecule has 0 aromatic heterocycles. The van der Waals surface area contributed by atoms with Gasteiger partial charge in [-0.2, -0.15) is 0 Å². The molecule has 0 unspecified atom stereocenters. The summed E-state index contributed by atoms with van der Waals surface area (Å²) in [5, 5.41) is 3.21. The summed E-state index contributed by atoms with van der Waals surface area (Å²) in [6.45, 7) is 5.75. The normalized spacial score (nSPS) is 14.7. The van der Waals surface area contributed by atoms with E-state index in [0.717, 1.165) is 31.9 Å². The quantitative estimate of drug-likeness (QED) is 0.943. The third-order valence-electron chi connectivity index (χ3n) is 4.25. The summed E-state index contributed by atoms with van der Waals surface area (Å²) >= 11 is 0. The summed E-state index contributed by atoms with van der Waals surface area (Å²) in [6.07, 6.45) is 0. The Bertz CT molecular complexity index is 631. The number of carbonyl (C=O) groups excluding carboxylic acids is 1. The Morgan fingerprint density at radius 2 is 1.61 bits per heavy atom. The summed E-state index contributed by atoms with van der Waals surface area (Å²) in [5.41, 5.74) is 3.45. The number of amides is 1. The van der Waals surface area contributed by atoms with Gasteiger partial charge < -0.3 is 15.1 Å². The molecule has 1 heterocycles. The van der Waals surface area contributed by atoms with Crippen molar-refractivity contribution in [3.8, 4) is 0 Å². The van der Waals surface area contributed by atoms with E-state index in [-0.39, 0.29) is 5.91 Å². The SMILES string of the molecule is Cc1ccc(NCC(=O)N2CCN(c3ccccc3)CC2)cc1. The number of nitrogens with one attached hydrogen (secondary N) is 1. The van der Waals surface area contributed by atoms with Gasteiger partial charge in [0.15, 0.2) is 0 Å². The van der Waals surface area contributed by atoms with Crippen LogP contribution in [0.4, 0.5) is 11.4 Å². The van der Waals surface area contributed by atoms with Crippen LogP contribution < -0.4 is 10.2 Å². The van der Waals surface area contributed by atoms with Crippen molar-refractivity contribution < 1.29 is 4.79 Å². The molecule has 1 fully saturated rings. The van der Waals surface area contributed by atoms with Crippen LogP contribution in [-0.4, -0.2) is 43.5 Å². The molecule has 1 aliphatic heterocycles. The first-order chi connectivity index (χ1) is 11.2. The fourth-order valence-corrected chi connectivity index (χ4v) is 2.81. The second-order valence-electron chi connectivity index (χ2n) is 5.92. The van der Waals surface area contributed by atoms with Gasteiger partial charge in [0.25, 0.3) is 0 Å². The second kappa shape index (κ2) is 7.18. The molecule has 0 aliphatic carbocycles. The van der Waals surface area contributed by atoms with Gasteiger partial charge in [0.2, 0.25) is 5.91 Å². The van der Waals surface area contributed by atoms with Crippen LogP contribution in [0, 0.1) is 6.92 Å². The number of carbonyl (C=O) groups is 1. The molecular weight excluding hydrogens is 286 g/mol. The van der Waals surface area contributed by atoms with Crippen molar-refractivity contribution in [3.63, 3.8) is 0 Å². The molecule has 0 spiro atoms. The molecule has 2 aromatic rings. The first-order valence-corrected chi connectivity index (χ1v) is 8.11. The molecule has 1 N–H and O–H groups in total. The maximum Gasteiger partial charge on any atom is 0.241 e. The van der Waals surface area contributed by atoms with E-state index in [1.807, 2.05) is 35.2 Å². The molecule has 0 bridgehead atoms. The van der Waals surface area contributed by atoms with E-state index in [9.17, 15) is 4.79 Å². The second-order valence-corrected chi connectivity index (χ2v) is 5.92. The average Bonchev–Trinajstić information content (AvgIpc) is 2.62. The highest BCUT2D eigenvalue weighted by Gasteiger charge is 2.20. The van der Waals surface area contributed by atoms with E-state index >= 15 is 0 Å². The number of benzene rings is 2. The number of hydrogen-bond donors (Lipinski definition) is 1. The monoisotopic (exact) mass is 309 g/mol. The van der Waals surface area contributed by atoms with E-state index in [0.29, 0.717) is 6.54 Å². The van der Waals surface area contributed by atoms with Crippen molar-refractivity contribution in [1.29, 1.82) is 0 Å². The number of nitrogens with zero attached hydrogens (tertiary/aromatic N) is 2. The smallest absolute Gasteiger partial charge is 0.241 e. The van der Waals surface area contributed by atoms with Gasteiger partial charge in [0.05, 0.1) is 6.54 Å². The molecule has 4 nitrogen and oxygen atoms in total. The van der Waals surface area contributed by atoms with Gasteiger partial charge in [0, 0.05) is 37.6 Å².